The number of halogens is 3. The molecule has 1 aliphatic rings. The molecule has 8 heteroatoms. The molecule has 0 fully saturated rings. The highest BCUT2D eigenvalue weighted by Gasteiger charge is 2.31. The first kappa shape index (κ1) is 19.8. The van der Waals surface area contributed by atoms with Crippen molar-refractivity contribution >= 4 is 5.57 Å². The van der Waals surface area contributed by atoms with Crippen molar-refractivity contribution in [2.24, 2.45) is 0 Å². The first-order valence-electron chi connectivity index (χ1n) is 9.24. The molecule has 0 unspecified atom stereocenters. The van der Waals surface area contributed by atoms with Crippen molar-refractivity contribution in [3.8, 4) is 17.1 Å². The van der Waals surface area contributed by atoms with Crippen LogP contribution in [0.3, 0.4) is 0 Å². The van der Waals surface area contributed by atoms with Gasteiger partial charge in [0, 0.05) is 24.9 Å². The molecular formula is C22H18F3N3O2. The van der Waals surface area contributed by atoms with E-state index < -0.39 is 6.36 Å². The average Bonchev–Trinajstić information content (AvgIpc) is 3.20. The summed E-state index contributed by atoms with van der Waals surface area (Å²) < 4.78 is 46.1. The zero-order valence-corrected chi connectivity index (χ0v) is 16.1. The topological polar surface area (TPSA) is 51.4 Å². The monoisotopic (exact) mass is 413 g/mol. The summed E-state index contributed by atoms with van der Waals surface area (Å²) in [7, 11) is 0. The maximum Gasteiger partial charge on any atom is 0.573 e. The van der Waals surface area contributed by atoms with Gasteiger partial charge >= 0.3 is 6.36 Å². The third-order valence-electron chi connectivity index (χ3n) is 4.48. The summed E-state index contributed by atoms with van der Waals surface area (Å²) in [6.45, 7) is 3.56. The maximum absolute atomic E-state index is 12.3. The highest BCUT2D eigenvalue weighted by Crippen LogP contribution is 2.27. The number of hydrogen-bond acceptors (Lipinski definition) is 5. The number of allylic oxidation sites excluding steroid dienone is 2. The lowest BCUT2D eigenvalue weighted by atomic mass is 10.1. The van der Waals surface area contributed by atoms with E-state index in [1.54, 1.807) is 0 Å². The molecule has 0 spiro atoms. The van der Waals surface area contributed by atoms with Crippen LogP contribution in [0.15, 0.2) is 71.4 Å². The molecule has 0 radical (unpaired) electrons. The zero-order chi connectivity index (χ0) is 21.1. The van der Waals surface area contributed by atoms with Crippen molar-refractivity contribution in [3.05, 3.63) is 83.9 Å². The molecular weight excluding hydrogens is 395 g/mol. The van der Waals surface area contributed by atoms with E-state index in [0.717, 1.165) is 18.7 Å². The Labute approximate surface area is 171 Å². The van der Waals surface area contributed by atoms with Crippen LogP contribution >= 0.6 is 0 Å². The molecule has 0 saturated heterocycles. The molecule has 30 heavy (non-hydrogen) atoms. The van der Waals surface area contributed by atoms with Crippen LogP contribution in [-0.2, 0) is 6.54 Å². The number of nitrogens with zero attached hydrogens (tertiary/aromatic N) is 3. The Kier molecular flexibility index (Phi) is 5.31. The van der Waals surface area contributed by atoms with Gasteiger partial charge in [0.25, 0.3) is 5.89 Å². The van der Waals surface area contributed by atoms with Crippen molar-refractivity contribution in [2.75, 3.05) is 6.54 Å². The van der Waals surface area contributed by atoms with Crippen molar-refractivity contribution in [1.29, 1.82) is 0 Å². The predicted octanol–water partition coefficient (Wildman–Crippen LogP) is 5.36. The average molecular weight is 413 g/mol. The molecule has 0 amide bonds. The minimum Gasteiger partial charge on any atom is -0.406 e. The fraction of sp³-hybridized carbons (Fsp3) is 0.182. The largest absolute Gasteiger partial charge is 0.573 e. The van der Waals surface area contributed by atoms with Crippen LogP contribution in [0.4, 0.5) is 13.2 Å². The molecule has 2 heterocycles. The lowest BCUT2D eigenvalue weighted by Gasteiger charge is -2.22. The summed E-state index contributed by atoms with van der Waals surface area (Å²) in [5, 5.41) is 3.94. The Morgan fingerprint density at radius 3 is 2.50 bits per heavy atom. The molecule has 0 saturated carbocycles. The maximum atomic E-state index is 12.3. The summed E-state index contributed by atoms with van der Waals surface area (Å²) in [5.74, 6) is 0.318. The Hall–Kier alpha value is -3.55. The van der Waals surface area contributed by atoms with Crippen LogP contribution in [0.25, 0.3) is 17.0 Å². The molecule has 0 bridgehead atoms. The molecule has 5 nitrogen and oxygen atoms in total. The van der Waals surface area contributed by atoms with Gasteiger partial charge in [0.2, 0.25) is 5.82 Å². The number of ether oxygens (including phenoxy) is 1. The third kappa shape index (κ3) is 4.89. The number of hydrogen-bond donors (Lipinski definition) is 0. The van der Waals surface area contributed by atoms with Crippen molar-refractivity contribution in [2.45, 2.75) is 19.8 Å². The lowest BCUT2D eigenvalue weighted by molar-refractivity contribution is -0.274. The third-order valence-corrected chi connectivity index (χ3v) is 4.48. The van der Waals surface area contributed by atoms with Crippen molar-refractivity contribution in [3.63, 3.8) is 0 Å². The second kappa shape index (κ2) is 8.06. The predicted molar refractivity (Wildman–Crippen MR) is 105 cm³/mol. The van der Waals surface area contributed by atoms with Crippen molar-refractivity contribution < 1.29 is 22.4 Å². The van der Waals surface area contributed by atoms with E-state index in [9.17, 15) is 13.2 Å². The number of aromatic nitrogens is 2. The Morgan fingerprint density at radius 1 is 1.07 bits per heavy atom. The van der Waals surface area contributed by atoms with Crippen LogP contribution in [0.2, 0.25) is 0 Å². The minimum atomic E-state index is -4.73. The van der Waals surface area contributed by atoms with E-state index in [-0.39, 0.29) is 11.6 Å². The van der Waals surface area contributed by atoms with Gasteiger partial charge in [-0.1, -0.05) is 47.1 Å². The van der Waals surface area contributed by atoms with E-state index in [1.807, 2.05) is 18.4 Å². The summed E-state index contributed by atoms with van der Waals surface area (Å²) in [6, 6.07) is 13.7. The Balaban J connectivity index is 1.48. The standard InChI is InChI=1S/C22H18F3N3O2/c1-15-4-6-16(7-5-15)13-28-12-2-3-18(14-28)21-26-20(27-30-21)17-8-10-19(11-9-17)29-22(23,24)25/h2-11,14H,12-13H2,1H3. The second-order valence-corrected chi connectivity index (χ2v) is 6.90. The first-order valence-corrected chi connectivity index (χ1v) is 9.24. The quantitative estimate of drug-likeness (QED) is 0.564. The summed E-state index contributed by atoms with van der Waals surface area (Å²) in [6.07, 6.45) is 1.14. The van der Waals surface area contributed by atoms with Gasteiger partial charge in [-0.25, -0.2) is 0 Å². The van der Waals surface area contributed by atoms with Gasteiger partial charge in [0.05, 0.1) is 5.57 Å². The molecule has 0 N–H and O–H groups in total. The van der Waals surface area contributed by atoms with Gasteiger partial charge in [-0.15, -0.1) is 13.2 Å². The van der Waals surface area contributed by atoms with E-state index in [2.05, 4.69) is 51.0 Å². The molecule has 3 aromatic rings. The lowest BCUT2D eigenvalue weighted by Crippen LogP contribution is -2.19. The Bertz CT molecular complexity index is 1070. The van der Waals surface area contributed by atoms with Crippen molar-refractivity contribution in [1.82, 2.24) is 15.0 Å². The fourth-order valence-electron chi connectivity index (χ4n) is 3.04. The van der Waals surface area contributed by atoms with Crippen LogP contribution in [0.1, 0.15) is 17.0 Å². The van der Waals surface area contributed by atoms with Crippen LogP contribution in [0, 0.1) is 6.92 Å². The normalized spacial score (nSPS) is 14.0. The number of aryl methyl sites for hydroxylation is 1. The fourth-order valence-corrected chi connectivity index (χ4v) is 3.04. The minimum absolute atomic E-state index is 0.286. The summed E-state index contributed by atoms with van der Waals surface area (Å²) >= 11 is 0. The summed E-state index contributed by atoms with van der Waals surface area (Å²) in [5.41, 5.74) is 3.70. The SMILES string of the molecule is Cc1ccc(CN2C=C(c3nc(-c4ccc(OC(F)(F)F)cc4)no3)C=CC2)cc1. The van der Waals surface area contributed by atoms with E-state index in [0.29, 0.717) is 11.5 Å². The van der Waals surface area contributed by atoms with Crippen LogP contribution in [0.5, 0.6) is 5.75 Å². The van der Waals surface area contributed by atoms with Gasteiger partial charge in [0.1, 0.15) is 5.75 Å². The molecule has 0 atom stereocenters. The summed E-state index contributed by atoms with van der Waals surface area (Å²) in [4.78, 5) is 6.51. The van der Waals surface area contributed by atoms with Gasteiger partial charge in [0.15, 0.2) is 0 Å². The van der Waals surface area contributed by atoms with E-state index in [1.165, 1.54) is 35.4 Å². The van der Waals surface area contributed by atoms with Gasteiger partial charge in [-0.3, -0.25) is 0 Å². The van der Waals surface area contributed by atoms with Gasteiger partial charge in [-0.2, -0.15) is 4.98 Å². The zero-order valence-electron chi connectivity index (χ0n) is 16.1. The number of benzene rings is 2. The van der Waals surface area contributed by atoms with Gasteiger partial charge in [-0.05, 0) is 36.8 Å². The molecule has 0 aliphatic carbocycles. The van der Waals surface area contributed by atoms with E-state index >= 15 is 0 Å². The first-order chi connectivity index (χ1) is 14.4. The number of rotatable bonds is 5. The van der Waals surface area contributed by atoms with Gasteiger partial charge < -0.3 is 14.2 Å². The highest BCUT2D eigenvalue weighted by atomic mass is 19.4. The Morgan fingerprint density at radius 2 is 1.80 bits per heavy atom. The number of alkyl halides is 3. The smallest absolute Gasteiger partial charge is 0.406 e. The molecule has 1 aliphatic heterocycles. The molecule has 4 rings (SSSR count). The molecule has 1 aromatic heterocycles. The van der Waals surface area contributed by atoms with E-state index in [4.69, 9.17) is 4.52 Å². The molecule has 2 aromatic carbocycles. The molecule has 154 valence electrons. The van der Waals surface area contributed by atoms with Crippen LogP contribution in [-0.4, -0.2) is 27.9 Å². The highest BCUT2D eigenvalue weighted by molar-refractivity contribution is 5.70. The van der Waals surface area contributed by atoms with Crippen LogP contribution < -0.4 is 4.74 Å². The second-order valence-electron chi connectivity index (χ2n) is 6.90.